The molecule has 2 aromatic heterocycles. The van der Waals surface area contributed by atoms with E-state index in [2.05, 4.69) is 20.7 Å². The van der Waals surface area contributed by atoms with E-state index in [0.29, 0.717) is 12.0 Å². The van der Waals surface area contributed by atoms with Crippen LogP contribution < -0.4 is 10.6 Å². The average molecular weight is 427 g/mol. The van der Waals surface area contributed by atoms with E-state index in [1.165, 1.54) is 18.5 Å². The van der Waals surface area contributed by atoms with E-state index in [-0.39, 0.29) is 12.1 Å². The van der Waals surface area contributed by atoms with Crippen molar-refractivity contribution in [3.8, 4) is 11.3 Å². The van der Waals surface area contributed by atoms with E-state index in [4.69, 9.17) is 9.72 Å². The van der Waals surface area contributed by atoms with E-state index in [1.54, 1.807) is 0 Å². The van der Waals surface area contributed by atoms with Crippen molar-refractivity contribution < 1.29 is 9.53 Å². The molecule has 0 radical (unpaired) electrons. The lowest BCUT2D eigenvalue weighted by Gasteiger charge is -2.30. The number of hydrogen-bond donors (Lipinski definition) is 2. The third-order valence-corrected chi connectivity index (χ3v) is 5.95. The van der Waals surface area contributed by atoms with Gasteiger partial charge in [-0.2, -0.15) is 5.10 Å². The van der Waals surface area contributed by atoms with Crippen LogP contribution in [0.1, 0.15) is 65.0 Å². The Morgan fingerprint density at radius 1 is 1.16 bits per heavy atom. The highest BCUT2D eigenvalue weighted by molar-refractivity contribution is 5.68. The molecule has 1 amide bonds. The molecule has 0 aromatic carbocycles. The smallest absolute Gasteiger partial charge is 0.407 e. The number of aromatic nitrogens is 4. The molecule has 2 heterocycles. The summed E-state index contributed by atoms with van der Waals surface area (Å²) in [4.78, 5) is 21.2. The van der Waals surface area contributed by atoms with Gasteiger partial charge in [0.15, 0.2) is 0 Å². The first kappa shape index (κ1) is 21.6. The molecule has 0 bridgehead atoms. The van der Waals surface area contributed by atoms with Gasteiger partial charge in [-0.3, -0.25) is 4.68 Å². The predicted molar refractivity (Wildman–Crippen MR) is 120 cm³/mol. The van der Waals surface area contributed by atoms with Crippen LogP contribution in [-0.2, 0) is 18.2 Å². The van der Waals surface area contributed by atoms with Gasteiger partial charge in [0.2, 0.25) is 5.95 Å². The lowest BCUT2D eigenvalue weighted by molar-refractivity contribution is 0.0492. The summed E-state index contributed by atoms with van der Waals surface area (Å²) in [6.45, 7) is 5.63. The van der Waals surface area contributed by atoms with Gasteiger partial charge in [-0.1, -0.05) is 0 Å². The second kappa shape index (κ2) is 8.85. The van der Waals surface area contributed by atoms with Crippen molar-refractivity contribution in [2.24, 2.45) is 13.0 Å². The van der Waals surface area contributed by atoms with Crippen LogP contribution in [0.4, 0.5) is 10.7 Å². The molecule has 168 valence electrons. The first-order valence-electron chi connectivity index (χ1n) is 11.4. The fourth-order valence-corrected chi connectivity index (χ4v) is 4.13. The zero-order valence-corrected chi connectivity index (χ0v) is 19.0. The number of anilines is 1. The van der Waals surface area contributed by atoms with Gasteiger partial charge in [0.05, 0.1) is 11.9 Å². The number of aryl methyl sites for hydroxylation is 1. The van der Waals surface area contributed by atoms with Crippen LogP contribution in [0.15, 0.2) is 18.5 Å². The summed E-state index contributed by atoms with van der Waals surface area (Å²) in [5.41, 5.74) is 2.80. The van der Waals surface area contributed by atoms with Crippen LogP contribution >= 0.6 is 0 Å². The minimum Gasteiger partial charge on any atom is -0.444 e. The fourth-order valence-electron chi connectivity index (χ4n) is 4.13. The Bertz CT molecular complexity index is 907. The maximum absolute atomic E-state index is 12.0. The van der Waals surface area contributed by atoms with Gasteiger partial charge < -0.3 is 15.4 Å². The molecule has 2 aliphatic carbocycles. The molecular weight excluding hydrogens is 392 g/mol. The largest absolute Gasteiger partial charge is 0.444 e. The van der Waals surface area contributed by atoms with Crippen LogP contribution in [0.2, 0.25) is 0 Å². The summed E-state index contributed by atoms with van der Waals surface area (Å²) in [5.74, 6) is 1.44. The second-order valence-electron chi connectivity index (χ2n) is 9.88. The molecule has 2 N–H and O–H groups in total. The van der Waals surface area contributed by atoms with Gasteiger partial charge in [-0.05, 0) is 77.7 Å². The number of rotatable bonds is 6. The van der Waals surface area contributed by atoms with Crippen molar-refractivity contribution in [2.75, 3.05) is 5.32 Å². The molecule has 31 heavy (non-hydrogen) atoms. The number of nitrogens with one attached hydrogen (secondary N) is 2. The minimum atomic E-state index is -0.474. The van der Waals surface area contributed by atoms with Crippen molar-refractivity contribution >= 4 is 12.0 Å². The Labute approximate surface area is 184 Å². The predicted octanol–water partition coefficient (Wildman–Crippen LogP) is 4.08. The first-order valence-corrected chi connectivity index (χ1v) is 11.4. The van der Waals surface area contributed by atoms with E-state index >= 15 is 0 Å². The monoisotopic (exact) mass is 426 g/mol. The highest BCUT2D eigenvalue weighted by Crippen LogP contribution is 2.35. The highest BCUT2D eigenvalue weighted by Gasteiger charge is 2.27. The summed E-state index contributed by atoms with van der Waals surface area (Å²) in [6, 6.07) is 2.41. The summed E-state index contributed by atoms with van der Waals surface area (Å²) in [6.07, 6.45) is 10.8. The molecule has 0 aliphatic heterocycles. The van der Waals surface area contributed by atoms with Gasteiger partial charge in [0, 0.05) is 36.6 Å². The van der Waals surface area contributed by atoms with Gasteiger partial charge in [0.1, 0.15) is 5.60 Å². The number of alkyl carbamates (subject to hydrolysis) is 1. The lowest BCUT2D eigenvalue weighted by Crippen LogP contribution is -2.42. The SMILES string of the molecule is Cn1ncc(-c2ccnc(N[C@H]3CC[C@H](NC(=O)OC(C)(C)C)CC3)n2)c1CC1CC1. The Hall–Kier alpha value is -2.64. The molecule has 2 saturated carbocycles. The zero-order chi connectivity index (χ0) is 22.0. The van der Waals surface area contributed by atoms with Gasteiger partial charge in [-0.25, -0.2) is 14.8 Å². The minimum absolute atomic E-state index is 0.153. The molecule has 8 heteroatoms. The normalized spacial score (nSPS) is 21.5. The van der Waals surface area contributed by atoms with E-state index in [1.807, 2.05) is 51.0 Å². The molecule has 0 unspecified atom stereocenters. The number of nitrogens with zero attached hydrogens (tertiary/aromatic N) is 4. The van der Waals surface area contributed by atoms with Gasteiger partial charge in [-0.15, -0.1) is 0 Å². The van der Waals surface area contributed by atoms with E-state index in [0.717, 1.165) is 49.3 Å². The molecule has 8 nitrogen and oxygen atoms in total. The van der Waals surface area contributed by atoms with Crippen LogP contribution in [0.5, 0.6) is 0 Å². The molecule has 0 spiro atoms. The quantitative estimate of drug-likeness (QED) is 0.723. The number of carbonyl (C=O) groups excluding carboxylic acids is 1. The fraction of sp³-hybridized carbons (Fsp3) is 0.652. The maximum Gasteiger partial charge on any atom is 0.407 e. The first-order chi connectivity index (χ1) is 14.8. The molecule has 2 aliphatic rings. The van der Waals surface area contributed by atoms with Gasteiger partial charge in [0.25, 0.3) is 0 Å². The van der Waals surface area contributed by atoms with Crippen molar-refractivity contribution in [3.63, 3.8) is 0 Å². The Balaban J connectivity index is 1.33. The molecule has 2 fully saturated rings. The standard InChI is InChI=1S/C23H34N6O2/c1-23(2,3)31-22(30)27-17-9-7-16(8-10-17)26-21-24-12-11-19(28-21)18-14-25-29(4)20(18)13-15-5-6-15/h11-12,14-17H,5-10,13H2,1-4H3,(H,27,30)(H,24,26,28)/t16-,17-. The second-order valence-corrected chi connectivity index (χ2v) is 9.88. The van der Waals surface area contributed by atoms with Crippen molar-refractivity contribution in [2.45, 2.75) is 83.4 Å². The van der Waals surface area contributed by atoms with Crippen molar-refractivity contribution in [1.29, 1.82) is 0 Å². The number of amides is 1. The van der Waals surface area contributed by atoms with Crippen LogP contribution in [0.25, 0.3) is 11.3 Å². The Morgan fingerprint density at radius 2 is 1.87 bits per heavy atom. The number of ether oxygens (including phenoxy) is 1. The topological polar surface area (TPSA) is 94.0 Å². The Kier molecular flexibility index (Phi) is 6.16. The third kappa shape index (κ3) is 5.95. The lowest BCUT2D eigenvalue weighted by atomic mass is 9.91. The van der Waals surface area contributed by atoms with Crippen LogP contribution in [0, 0.1) is 5.92 Å². The summed E-state index contributed by atoms with van der Waals surface area (Å²) < 4.78 is 7.34. The van der Waals surface area contributed by atoms with Gasteiger partial charge >= 0.3 is 6.09 Å². The van der Waals surface area contributed by atoms with Crippen molar-refractivity contribution in [3.05, 3.63) is 24.2 Å². The summed E-state index contributed by atoms with van der Waals surface area (Å²) in [7, 11) is 2.01. The third-order valence-electron chi connectivity index (χ3n) is 5.95. The molecule has 4 rings (SSSR count). The van der Waals surface area contributed by atoms with E-state index in [9.17, 15) is 4.79 Å². The van der Waals surface area contributed by atoms with E-state index < -0.39 is 5.60 Å². The summed E-state index contributed by atoms with van der Waals surface area (Å²) >= 11 is 0. The van der Waals surface area contributed by atoms with Crippen molar-refractivity contribution in [1.82, 2.24) is 25.1 Å². The van der Waals surface area contributed by atoms with Crippen LogP contribution in [-0.4, -0.2) is 43.5 Å². The highest BCUT2D eigenvalue weighted by atomic mass is 16.6. The zero-order valence-electron chi connectivity index (χ0n) is 19.0. The maximum atomic E-state index is 12.0. The average Bonchev–Trinajstić information content (AvgIpc) is 3.44. The molecular formula is C23H34N6O2. The molecule has 0 atom stereocenters. The Morgan fingerprint density at radius 3 is 2.55 bits per heavy atom. The molecule has 0 saturated heterocycles. The number of hydrogen-bond acceptors (Lipinski definition) is 6. The van der Waals surface area contributed by atoms with Crippen LogP contribution in [0.3, 0.4) is 0 Å². The summed E-state index contributed by atoms with van der Waals surface area (Å²) in [5, 5.41) is 10.9. The molecule has 2 aromatic rings. The number of carbonyl (C=O) groups is 1.